The van der Waals surface area contributed by atoms with Crippen molar-refractivity contribution < 1.29 is 4.79 Å². The fraction of sp³-hybridized carbons (Fsp3) is 0.538. The van der Waals surface area contributed by atoms with Gasteiger partial charge in [-0.05, 0) is 30.4 Å². The van der Waals surface area contributed by atoms with E-state index in [0.29, 0.717) is 12.1 Å². The van der Waals surface area contributed by atoms with Crippen molar-refractivity contribution in [2.75, 3.05) is 12.3 Å². The van der Waals surface area contributed by atoms with Crippen LogP contribution in [0.3, 0.4) is 0 Å². The molecule has 1 heterocycles. The first-order valence-electron chi connectivity index (χ1n) is 6.20. The summed E-state index contributed by atoms with van der Waals surface area (Å²) in [5.41, 5.74) is 6.27. The number of hydrogen-bond donors (Lipinski definition) is 2. The molecule has 18 heavy (non-hydrogen) atoms. The fourth-order valence-electron chi connectivity index (χ4n) is 2.45. The molecule has 0 bridgehead atoms. The predicted molar refractivity (Wildman–Crippen MR) is 72.6 cm³/mol. The normalized spacial score (nSPS) is 17.7. The van der Waals surface area contributed by atoms with E-state index in [4.69, 9.17) is 17.3 Å². The molecule has 0 spiro atoms. The first-order chi connectivity index (χ1) is 8.48. The Morgan fingerprint density at radius 2 is 2.17 bits per heavy atom. The summed E-state index contributed by atoms with van der Waals surface area (Å²) in [4.78, 5) is 15.8. The number of nitrogens with zero attached hydrogens (tertiary/aromatic N) is 1. The number of carbonyl (C=O) groups excluding carboxylic acids is 1. The van der Waals surface area contributed by atoms with Crippen LogP contribution in [0.25, 0.3) is 0 Å². The lowest BCUT2D eigenvalue weighted by Gasteiger charge is -2.23. The van der Waals surface area contributed by atoms with Crippen LogP contribution in [-0.4, -0.2) is 17.4 Å². The molecule has 0 radical (unpaired) electrons. The Labute approximate surface area is 112 Å². The van der Waals surface area contributed by atoms with Gasteiger partial charge in [-0.15, -0.1) is 0 Å². The van der Waals surface area contributed by atoms with Gasteiger partial charge in [-0.25, -0.2) is 4.98 Å². The van der Waals surface area contributed by atoms with Gasteiger partial charge >= 0.3 is 0 Å². The van der Waals surface area contributed by atoms with E-state index in [0.717, 1.165) is 0 Å². The van der Waals surface area contributed by atoms with Crippen molar-refractivity contribution in [3.05, 3.63) is 22.8 Å². The number of hydrogen-bond acceptors (Lipinski definition) is 3. The van der Waals surface area contributed by atoms with E-state index in [2.05, 4.69) is 17.2 Å². The van der Waals surface area contributed by atoms with E-state index in [1.54, 1.807) is 0 Å². The summed E-state index contributed by atoms with van der Waals surface area (Å²) in [5, 5.41) is 3.20. The molecule has 1 saturated carbocycles. The molecular formula is C13H18ClN3O. The van der Waals surface area contributed by atoms with Gasteiger partial charge in [0.1, 0.15) is 11.0 Å². The predicted octanol–water partition coefficient (Wildman–Crippen LogP) is 2.63. The molecule has 1 aromatic rings. The second-order valence-electron chi connectivity index (χ2n) is 5.30. The minimum absolute atomic E-state index is 0.140. The van der Waals surface area contributed by atoms with E-state index in [1.807, 2.05) is 0 Å². The smallest absolute Gasteiger partial charge is 0.251 e. The van der Waals surface area contributed by atoms with E-state index < -0.39 is 0 Å². The summed E-state index contributed by atoms with van der Waals surface area (Å²) in [6.45, 7) is 2.92. The van der Waals surface area contributed by atoms with Crippen LogP contribution in [0.15, 0.2) is 12.1 Å². The molecule has 2 rings (SSSR count). The first-order valence-corrected chi connectivity index (χ1v) is 6.58. The molecule has 1 amide bonds. The summed E-state index contributed by atoms with van der Waals surface area (Å²) in [6, 6.07) is 3.07. The maximum Gasteiger partial charge on any atom is 0.251 e. The highest BCUT2D eigenvalue weighted by Crippen LogP contribution is 2.36. The molecule has 1 aliphatic carbocycles. The van der Waals surface area contributed by atoms with Crippen molar-refractivity contribution in [1.82, 2.24) is 10.3 Å². The number of pyridine rings is 1. The number of carbonyl (C=O) groups is 1. The molecule has 0 atom stereocenters. The zero-order valence-corrected chi connectivity index (χ0v) is 11.3. The largest absolute Gasteiger partial charge is 0.384 e. The third kappa shape index (κ3) is 3.13. The highest BCUT2D eigenvalue weighted by Gasteiger charge is 2.28. The van der Waals surface area contributed by atoms with Crippen LogP contribution < -0.4 is 11.1 Å². The second-order valence-corrected chi connectivity index (χ2v) is 5.69. The molecule has 5 heteroatoms. The minimum atomic E-state index is -0.140. The number of aromatic nitrogens is 1. The molecule has 3 N–H and O–H groups in total. The van der Waals surface area contributed by atoms with Crippen molar-refractivity contribution >= 4 is 23.3 Å². The highest BCUT2D eigenvalue weighted by atomic mass is 35.5. The average molecular weight is 268 g/mol. The highest BCUT2D eigenvalue weighted by molar-refractivity contribution is 6.29. The first kappa shape index (κ1) is 13.1. The Morgan fingerprint density at radius 3 is 2.78 bits per heavy atom. The Hall–Kier alpha value is -1.29. The SMILES string of the molecule is CC1(CNC(=O)c2cc(N)nc(Cl)c2)CCCC1. The molecule has 1 fully saturated rings. The van der Waals surface area contributed by atoms with Crippen LogP contribution in [0.1, 0.15) is 43.0 Å². The maximum atomic E-state index is 12.0. The number of rotatable bonds is 3. The summed E-state index contributed by atoms with van der Waals surface area (Å²) in [6.07, 6.45) is 4.85. The number of nitrogens with one attached hydrogen (secondary N) is 1. The Kier molecular flexibility index (Phi) is 3.76. The topological polar surface area (TPSA) is 68.0 Å². The lowest BCUT2D eigenvalue weighted by atomic mass is 9.89. The lowest BCUT2D eigenvalue weighted by Crippen LogP contribution is -2.34. The van der Waals surface area contributed by atoms with Crippen molar-refractivity contribution in [1.29, 1.82) is 0 Å². The van der Waals surface area contributed by atoms with Gasteiger partial charge in [0.05, 0.1) is 0 Å². The molecule has 0 saturated heterocycles. The summed E-state index contributed by atoms with van der Waals surface area (Å²) in [5.74, 6) is 0.124. The summed E-state index contributed by atoms with van der Waals surface area (Å²) >= 11 is 5.78. The molecule has 1 aromatic heterocycles. The van der Waals surface area contributed by atoms with Gasteiger partial charge in [-0.2, -0.15) is 0 Å². The number of amides is 1. The van der Waals surface area contributed by atoms with Gasteiger partial charge in [-0.3, -0.25) is 4.79 Å². The van der Waals surface area contributed by atoms with E-state index >= 15 is 0 Å². The Balaban J connectivity index is 1.99. The van der Waals surface area contributed by atoms with Crippen LogP contribution in [0.5, 0.6) is 0 Å². The van der Waals surface area contributed by atoms with Gasteiger partial charge in [0.2, 0.25) is 0 Å². The van der Waals surface area contributed by atoms with Gasteiger partial charge in [0.15, 0.2) is 0 Å². The van der Waals surface area contributed by atoms with Gasteiger partial charge in [0, 0.05) is 12.1 Å². The standard InChI is InChI=1S/C13H18ClN3O/c1-13(4-2-3-5-13)8-16-12(18)9-6-10(14)17-11(15)7-9/h6-7H,2-5,8H2,1H3,(H2,15,17)(H,16,18). The summed E-state index contributed by atoms with van der Waals surface area (Å²) in [7, 11) is 0. The van der Waals surface area contributed by atoms with Gasteiger partial charge in [-0.1, -0.05) is 31.4 Å². The number of nitrogens with two attached hydrogens (primary N) is 1. The monoisotopic (exact) mass is 267 g/mol. The average Bonchev–Trinajstić information content (AvgIpc) is 2.72. The van der Waals surface area contributed by atoms with Crippen molar-refractivity contribution in [3.63, 3.8) is 0 Å². The molecule has 0 aromatic carbocycles. The number of nitrogen functional groups attached to an aromatic ring is 1. The van der Waals surface area contributed by atoms with E-state index in [9.17, 15) is 4.79 Å². The van der Waals surface area contributed by atoms with Gasteiger partial charge in [0.25, 0.3) is 5.91 Å². The van der Waals surface area contributed by atoms with Crippen LogP contribution in [-0.2, 0) is 0 Å². The van der Waals surface area contributed by atoms with Gasteiger partial charge < -0.3 is 11.1 Å². The van der Waals surface area contributed by atoms with E-state index in [-0.39, 0.29) is 22.3 Å². The zero-order valence-electron chi connectivity index (χ0n) is 10.5. The Bertz CT molecular complexity index is 435. The molecule has 98 valence electrons. The third-order valence-electron chi connectivity index (χ3n) is 3.56. The molecule has 1 aliphatic rings. The lowest BCUT2D eigenvalue weighted by molar-refractivity contribution is 0.0934. The third-order valence-corrected chi connectivity index (χ3v) is 3.76. The van der Waals surface area contributed by atoms with Crippen LogP contribution >= 0.6 is 11.6 Å². The second kappa shape index (κ2) is 5.14. The zero-order chi connectivity index (χ0) is 13.2. The Morgan fingerprint density at radius 1 is 1.50 bits per heavy atom. The maximum absolute atomic E-state index is 12.0. The van der Waals surface area contributed by atoms with Crippen LogP contribution in [0.4, 0.5) is 5.82 Å². The van der Waals surface area contributed by atoms with Crippen LogP contribution in [0, 0.1) is 5.41 Å². The van der Waals surface area contributed by atoms with Crippen molar-refractivity contribution in [2.45, 2.75) is 32.6 Å². The molecule has 4 nitrogen and oxygen atoms in total. The van der Waals surface area contributed by atoms with Crippen molar-refractivity contribution in [2.24, 2.45) is 5.41 Å². The summed E-state index contributed by atoms with van der Waals surface area (Å²) < 4.78 is 0. The molecule has 0 unspecified atom stereocenters. The van der Waals surface area contributed by atoms with E-state index in [1.165, 1.54) is 37.8 Å². The minimum Gasteiger partial charge on any atom is -0.384 e. The van der Waals surface area contributed by atoms with Crippen LogP contribution in [0.2, 0.25) is 5.15 Å². The van der Waals surface area contributed by atoms with Crippen molar-refractivity contribution in [3.8, 4) is 0 Å². The molecular weight excluding hydrogens is 250 g/mol. The number of halogens is 1. The molecule has 0 aliphatic heterocycles. The number of anilines is 1. The quantitative estimate of drug-likeness (QED) is 0.828. The fourth-order valence-corrected chi connectivity index (χ4v) is 2.66.